The molecule has 20 heavy (non-hydrogen) atoms. The highest BCUT2D eigenvalue weighted by atomic mass is 32.1. The highest BCUT2D eigenvalue weighted by Gasteiger charge is 2.19. The summed E-state index contributed by atoms with van der Waals surface area (Å²) < 4.78 is 13.7. The first kappa shape index (κ1) is 13.5. The third-order valence-electron chi connectivity index (χ3n) is 3.25. The van der Waals surface area contributed by atoms with E-state index in [1.54, 1.807) is 36.9 Å². The van der Waals surface area contributed by atoms with Crippen molar-refractivity contribution < 1.29 is 9.47 Å². The first-order chi connectivity index (χ1) is 9.69. The van der Waals surface area contributed by atoms with Crippen LogP contribution in [0.1, 0.15) is 16.7 Å². The fourth-order valence-corrected chi connectivity index (χ4v) is 4.71. The molecule has 0 amide bonds. The van der Waals surface area contributed by atoms with Crippen molar-refractivity contribution in [2.75, 3.05) is 14.2 Å². The topological polar surface area (TPSA) is 18.5 Å². The number of allylic oxidation sites excluding steroid dienone is 1. The van der Waals surface area contributed by atoms with Gasteiger partial charge in [-0.25, -0.2) is 0 Å². The highest BCUT2D eigenvalue weighted by molar-refractivity contribution is 7.22. The lowest BCUT2D eigenvalue weighted by molar-refractivity contribution is 0.419. The van der Waals surface area contributed by atoms with Gasteiger partial charge in [-0.2, -0.15) is 0 Å². The fraction of sp³-hybridized carbons (Fsp3) is 0.250. The van der Waals surface area contributed by atoms with Gasteiger partial charge < -0.3 is 9.47 Å². The molecule has 0 N–H and O–H groups in total. The first-order valence-corrected chi connectivity index (χ1v) is 8.03. The Morgan fingerprint density at radius 2 is 1.55 bits per heavy atom. The maximum Gasteiger partial charge on any atom is 0.145 e. The van der Waals surface area contributed by atoms with Crippen LogP contribution in [0.25, 0.3) is 26.2 Å². The molecular weight excluding hydrogens is 288 g/mol. The van der Waals surface area contributed by atoms with Crippen LogP contribution in [0.2, 0.25) is 0 Å². The van der Waals surface area contributed by atoms with E-state index in [0.29, 0.717) is 0 Å². The average Bonchev–Trinajstić information content (AvgIpc) is 2.99. The van der Waals surface area contributed by atoms with Gasteiger partial charge in [-0.3, -0.25) is 0 Å². The van der Waals surface area contributed by atoms with Crippen molar-refractivity contribution in [1.29, 1.82) is 0 Å². The van der Waals surface area contributed by atoms with Crippen LogP contribution in [0.3, 0.4) is 0 Å². The van der Waals surface area contributed by atoms with Crippen LogP contribution < -0.4 is 9.47 Å². The molecule has 0 atom stereocenters. The molecule has 0 bridgehead atoms. The Morgan fingerprint density at radius 1 is 0.950 bits per heavy atom. The van der Waals surface area contributed by atoms with E-state index in [-0.39, 0.29) is 0 Å². The minimum atomic E-state index is 0.959. The maximum atomic E-state index is 5.68. The van der Waals surface area contributed by atoms with Crippen molar-refractivity contribution in [1.82, 2.24) is 0 Å². The second-order valence-electron chi connectivity index (χ2n) is 4.56. The number of fused-ring (bicyclic) bond motifs is 2. The fourth-order valence-electron chi connectivity index (χ4n) is 2.50. The minimum absolute atomic E-state index is 0.959. The van der Waals surface area contributed by atoms with Crippen molar-refractivity contribution in [2.24, 2.45) is 0 Å². The van der Waals surface area contributed by atoms with E-state index >= 15 is 0 Å². The Hall–Kier alpha value is -1.52. The van der Waals surface area contributed by atoms with Crippen LogP contribution in [-0.4, -0.2) is 14.2 Å². The molecule has 0 saturated carbocycles. The van der Waals surface area contributed by atoms with Gasteiger partial charge in [0.2, 0.25) is 0 Å². The maximum absolute atomic E-state index is 5.68. The van der Waals surface area contributed by atoms with Gasteiger partial charge in [0, 0.05) is 20.5 Å². The Balaban J connectivity index is 2.49. The van der Waals surface area contributed by atoms with Crippen LogP contribution in [-0.2, 0) is 0 Å². The molecule has 3 rings (SSSR count). The predicted molar refractivity (Wildman–Crippen MR) is 89.8 cm³/mol. The van der Waals surface area contributed by atoms with E-state index in [2.05, 4.69) is 31.2 Å². The van der Waals surface area contributed by atoms with E-state index in [4.69, 9.17) is 9.47 Å². The molecule has 0 radical (unpaired) electrons. The second-order valence-corrected chi connectivity index (χ2v) is 6.90. The first-order valence-electron chi connectivity index (χ1n) is 6.40. The summed E-state index contributed by atoms with van der Waals surface area (Å²) in [5.41, 5.74) is 0. The van der Waals surface area contributed by atoms with Crippen LogP contribution in [0.15, 0.2) is 18.2 Å². The minimum Gasteiger partial charge on any atom is -0.495 e. The molecule has 2 aromatic heterocycles. The summed E-state index contributed by atoms with van der Waals surface area (Å²) in [6.07, 6.45) is 4.17. The van der Waals surface area contributed by atoms with E-state index in [9.17, 15) is 0 Å². The van der Waals surface area contributed by atoms with Gasteiger partial charge in [0.25, 0.3) is 0 Å². The molecule has 0 unspecified atom stereocenters. The van der Waals surface area contributed by atoms with Crippen molar-refractivity contribution in [2.45, 2.75) is 13.8 Å². The van der Waals surface area contributed by atoms with Gasteiger partial charge in [-0.15, -0.1) is 22.7 Å². The Morgan fingerprint density at radius 3 is 2.15 bits per heavy atom. The molecule has 104 valence electrons. The molecule has 2 heterocycles. The Labute approximate surface area is 126 Å². The number of hydrogen-bond acceptors (Lipinski definition) is 4. The normalized spacial score (nSPS) is 11.8. The third kappa shape index (κ3) is 1.91. The zero-order valence-corrected chi connectivity index (χ0v) is 13.6. The quantitative estimate of drug-likeness (QED) is 0.638. The second kappa shape index (κ2) is 5.11. The van der Waals surface area contributed by atoms with E-state index in [1.807, 2.05) is 6.92 Å². The van der Waals surface area contributed by atoms with Crippen molar-refractivity contribution in [3.05, 3.63) is 28.0 Å². The van der Waals surface area contributed by atoms with Gasteiger partial charge in [0.1, 0.15) is 11.5 Å². The molecule has 0 saturated heterocycles. The SMILES string of the molecule is C/C=C/c1cc2c(OC)c3sc(C)cc3c(OC)c2s1. The lowest BCUT2D eigenvalue weighted by atomic mass is 10.1. The number of ether oxygens (including phenoxy) is 2. The lowest BCUT2D eigenvalue weighted by Gasteiger charge is -2.08. The molecule has 2 nitrogen and oxygen atoms in total. The summed E-state index contributed by atoms with van der Waals surface area (Å²) in [5, 5.41) is 2.28. The summed E-state index contributed by atoms with van der Waals surface area (Å²) in [5.74, 6) is 1.92. The lowest BCUT2D eigenvalue weighted by Crippen LogP contribution is -1.88. The van der Waals surface area contributed by atoms with Crippen molar-refractivity contribution in [3.63, 3.8) is 0 Å². The van der Waals surface area contributed by atoms with Gasteiger partial charge in [0.15, 0.2) is 0 Å². The molecule has 0 aliphatic carbocycles. The summed E-state index contributed by atoms with van der Waals surface area (Å²) in [4.78, 5) is 2.48. The van der Waals surface area contributed by atoms with E-state index in [0.717, 1.165) is 27.0 Å². The zero-order valence-electron chi connectivity index (χ0n) is 11.9. The van der Waals surface area contributed by atoms with Gasteiger partial charge >= 0.3 is 0 Å². The molecule has 0 aliphatic heterocycles. The summed E-state index contributed by atoms with van der Waals surface area (Å²) >= 11 is 3.49. The van der Waals surface area contributed by atoms with Gasteiger partial charge in [-0.05, 0) is 32.1 Å². The van der Waals surface area contributed by atoms with Gasteiger partial charge in [0.05, 0.1) is 23.6 Å². The molecule has 1 aromatic carbocycles. The van der Waals surface area contributed by atoms with E-state index < -0.39 is 0 Å². The van der Waals surface area contributed by atoms with Crippen molar-refractivity contribution in [3.8, 4) is 11.5 Å². The van der Waals surface area contributed by atoms with Crippen LogP contribution in [0.4, 0.5) is 0 Å². The predicted octanol–water partition coefficient (Wildman–Crippen LogP) is 5.47. The highest BCUT2D eigenvalue weighted by Crippen LogP contribution is 2.49. The summed E-state index contributed by atoms with van der Waals surface area (Å²) in [6.45, 7) is 4.14. The Kier molecular flexibility index (Phi) is 3.44. The molecular formula is C16H16O2S2. The smallest absolute Gasteiger partial charge is 0.145 e. The molecule has 0 spiro atoms. The Bertz CT molecular complexity index is 750. The molecule has 4 heteroatoms. The number of benzene rings is 1. The average molecular weight is 304 g/mol. The van der Waals surface area contributed by atoms with Crippen molar-refractivity contribution >= 4 is 48.9 Å². The molecule has 0 fully saturated rings. The van der Waals surface area contributed by atoms with Crippen LogP contribution >= 0.6 is 22.7 Å². The summed E-state index contributed by atoms with van der Waals surface area (Å²) in [7, 11) is 3.48. The van der Waals surface area contributed by atoms with E-state index in [1.165, 1.54) is 14.5 Å². The third-order valence-corrected chi connectivity index (χ3v) is 5.40. The molecule has 0 aliphatic rings. The van der Waals surface area contributed by atoms with Crippen LogP contribution in [0, 0.1) is 6.92 Å². The zero-order chi connectivity index (χ0) is 14.3. The molecule has 3 aromatic rings. The van der Waals surface area contributed by atoms with Gasteiger partial charge in [-0.1, -0.05) is 6.08 Å². The number of aryl methyl sites for hydroxylation is 1. The number of thiophene rings is 2. The monoisotopic (exact) mass is 304 g/mol. The summed E-state index contributed by atoms with van der Waals surface area (Å²) in [6, 6.07) is 4.35. The number of hydrogen-bond donors (Lipinski definition) is 0. The number of methoxy groups -OCH3 is 2. The standard InChI is InChI=1S/C16H16O2S2/c1-5-6-10-8-12-14(18-4)15-11(7-9(2)19-15)13(17-3)16(12)20-10/h5-8H,1-4H3/b6-5+. The number of rotatable bonds is 3. The van der Waals surface area contributed by atoms with Crippen LogP contribution in [0.5, 0.6) is 11.5 Å². The largest absolute Gasteiger partial charge is 0.495 e.